The summed E-state index contributed by atoms with van der Waals surface area (Å²) in [7, 11) is 0. The summed E-state index contributed by atoms with van der Waals surface area (Å²) < 4.78 is 0. The quantitative estimate of drug-likeness (QED) is 0.877. The minimum Gasteiger partial charge on any atom is -0.508 e. The molecule has 2 N–H and O–H groups in total. The van der Waals surface area contributed by atoms with E-state index in [1.54, 1.807) is 12.1 Å². The minimum atomic E-state index is 0.335. The van der Waals surface area contributed by atoms with Crippen LogP contribution in [0.2, 0.25) is 0 Å². The van der Waals surface area contributed by atoms with Gasteiger partial charge in [-0.2, -0.15) is 0 Å². The Labute approximate surface area is 114 Å². The van der Waals surface area contributed by atoms with E-state index >= 15 is 0 Å². The van der Waals surface area contributed by atoms with Crippen LogP contribution < -0.4 is 5.32 Å². The molecule has 0 spiro atoms. The molecular formula is C17H19NO. The zero-order valence-electron chi connectivity index (χ0n) is 11.0. The fraction of sp³-hybridized carbons (Fsp3) is 0.294. The first-order chi connectivity index (χ1) is 9.33. The van der Waals surface area contributed by atoms with Gasteiger partial charge in [0.25, 0.3) is 0 Å². The number of rotatable bonds is 4. The monoisotopic (exact) mass is 253 g/mol. The van der Waals surface area contributed by atoms with Crippen molar-refractivity contribution >= 4 is 0 Å². The third-order valence-electron chi connectivity index (χ3n) is 3.87. The molecule has 2 heteroatoms. The number of aromatic hydroxyl groups is 1. The first-order valence-corrected chi connectivity index (χ1v) is 6.92. The molecule has 0 fully saturated rings. The third kappa shape index (κ3) is 2.79. The van der Waals surface area contributed by atoms with E-state index in [0.717, 1.165) is 13.0 Å². The van der Waals surface area contributed by atoms with Crippen molar-refractivity contribution in [2.24, 2.45) is 0 Å². The van der Waals surface area contributed by atoms with Crippen LogP contribution in [-0.2, 0) is 12.8 Å². The lowest BCUT2D eigenvalue weighted by atomic mass is 10.1. The Hall–Kier alpha value is -1.80. The normalized spacial score (nSPS) is 17.4. The predicted molar refractivity (Wildman–Crippen MR) is 77.3 cm³/mol. The number of aryl methyl sites for hydroxylation is 1. The topological polar surface area (TPSA) is 32.3 Å². The summed E-state index contributed by atoms with van der Waals surface area (Å²) in [6.07, 6.45) is 3.39. The second-order valence-electron chi connectivity index (χ2n) is 5.16. The molecule has 0 aliphatic heterocycles. The summed E-state index contributed by atoms with van der Waals surface area (Å²) in [5, 5.41) is 12.9. The highest BCUT2D eigenvalue weighted by Gasteiger charge is 2.20. The van der Waals surface area contributed by atoms with Gasteiger partial charge in [0, 0.05) is 6.04 Å². The summed E-state index contributed by atoms with van der Waals surface area (Å²) in [5.74, 6) is 0.335. The van der Waals surface area contributed by atoms with Gasteiger partial charge in [-0.25, -0.2) is 0 Å². The summed E-state index contributed by atoms with van der Waals surface area (Å²) in [6.45, 7) is 0.976. The molecule has 3 rings (SSSR count). The number of nitrogens with one attached hydrogen (secondary N) is 1. The summed E-state index contributed by atoms with van der Waals surface area (Å²) in [4.78, 5) is 0. The van der Waals surface area contributed by atoms with E-state index < -0.39 is 0 Å². The molecule has 1 unspecified atom stereocenters. The highest BCUT2D eigenvalue weighted by Crippen LogP contribution is 2.30. The highest BCUT2D eigenvalue weighted by atomic mass is 16.3. The molecule has 0 radical (unpaired) electrons. The van der Waals surface area contributed by atoms with E-state index in [4.69, 9.17) is 0 Å². The summed E-state index contributed by atoms with van der Waals surface area (Å²) in [5.41, 5.74) is 4.22. The Morgan fingerprint density at radius 3 is 2.68 bits per heavy atom. The maximum absolute atomic E-state index is 9.25. The molecule has 1 aliphatic rings. The van der Waals surface area contributed by atoms with Gasteiger partial charge in [0.2, 0.25) is 0 Å². The van der Waals surface area contributed by atoms with Crippen LogP contribution in [0.25, 0.3) is 0 Å². The van der Waals surface area contributed by atoms with E-state index in [0.29, 0.717) is 11.8 Å². The lowest BCUT2D eigenvalue weighted by Crippen LogP contribution is -2.21. The highest BCUT2D eigenvalue weighted by molar-refractivity contribution is 5.34. The molecule has 0 saturated heterocycles. The standard InChI is InChI=1S/C17H19NO/c19-15-8-5-13(6-9-15)11-12-18-17-10-7-14-3-1-2-4-16(14)17/h1-6,8-9,17-19H,7,10-12H2. The molecule has 0 saturated carbocycles. The number of benzene rings is 2. The van der Waals surface area contributed by atoms with Crippen LogP contribution in [-0.4, -0.2) is 11.7 Å². The second-order valence-corrected chi connectivity index (χ2v) is 5.16. The largest absolute Gasteiger partial charge is 0.508 e. The Bertz CT molecular complexity index is 547. The lowest BCUT2D eigenvalue weighted by molar-refractivity contribution is 0.475. The molecule has 1 aliphatic carbocycles. The predicted octanol–water partition coefficient (Wildman–Crippen LogP) is 3.21. The van der Waals surface area contributed by atoms with Gasteiger partial charge in [-0.15, -0.1) is 0 Å². The van der Waals surface area contributed by atoms with Crippen molar-refractivity contribution in [2.75, 3.05) is 6.54 Å². The third-order valence-corrected chi connectivity index (χ3v) is 3.87. The summed E-state index contributed by atoms with van der Waals surface area (Å²) >= 11 is 0. The molecule has 0 heterocycles. The van der Waals surface area contributed by atoms with E-state index in [1.807, 2.05) is 12.1 Å². The van der Waals surface area contributed by atoms with Crippen LogP contribution in [0.4, 0.5) is 0 Å². The molecule has 19 heavy (non-hydrogen) atoms. The van der Waals surface area contributed by atoms with Gasteiger partial charge in [-0.05, 0) is 54.6 Å². The maximum Gasteiger partial charge on any atom is 0.115 e. The summed E-state index contributed by atoms with van der Waals surface area (Å²) in [6, 6.07) is 16.7. The smallest absolute Gasteiger partial charge is 0.115 e. The van der Waals surface area contributed by atoms with Crippen molar-refractivity contribution < 1.29 is 5.11 Å². The van der Waals surface area contributed by atoms with Crippen LogP contribution in [0, 0.1) is 0 Å². The van der Waals surface area contributed by atoms with Crippen molar-refractivity contribution in [2.45, 2.75) is 25.3 Å². The number of phenols is 1. The number of fused-ring (bicyclic) bond motifs is 1. The second kappa shape index (κ2) is 5.45. The minimum absolute atomic E-state index is 0.335. The Morgan fingerprint density at radius 2 is 1.84 bits per heavy atom. The van der Waals surface area contributed by atoms with Gasteiger partial charge in [-0.1, -0.05) is 36.4 Å². The van der Waals surface area contributed by atoms with Crippen LogP contribution in [0.5, 0.6) is 5.75 Å². The number of hydrogen-bond acceptors (Lipinski definition) is 2. The van der Waals surface area contributed by atoms with Crippen molar-refractivity contribution in [3.05, 3.63) is 65.2 Å². The lowest BCUT2D eigenvalue weighted by Gasteiger charge is -2.14. The van der Waals surface area contributed by atoms with Crippen LogP contribution in [0.15, 0.2) is 48.5 Å². The molecule has 0 bridgehead atoms. The van der Waals surface area contributed by atoms with Crippen molar-refractivity contribution in [3.63, 3.8) is 0 Å². The number of phenolic OH excluding ortho intramolecular Hbond substituents is 1. The fourth-order valence-corrected chi connectivity index (χ4v) is 2.82. The number of hydrogen-bond donors (Lipinski definition) is 2. The van der Waals surface area contributed by atoms with E-state index in [1.165, 1.54) is 29.5 Å². The van der Waals surface area contributed by atoms with Crippen LogP contribution in [0.3, 0.4) is 0 Å². The zero-order valence-corrected chi connectivity index (χ0v) is 11.0. The fourth-order valence-electron chi connectivity index (χ4n) is 2.82. The average molecular weight is 253 g/mol. The van der Waals surface area contributed by atoms with Gasteiger partial charge >= 0.3 is 0 Å². The van der Waals surface area contributed by atoms with Crippen molar-refractivity contribution in [3.8, 4) is 5.75 Å². The maximum atomic E-state index is 9.25. The van der Waals surface area contributed by atoms with Crippen LogP contribution in [0.1, 0.15) is 29.2 Å². The van der Waals surface area contributed by atoms with Gasteiger partial charge in [0.05, 0.1) is 0 Å². The van der Waals surface area contributed by atoms with Gasteiger partial charge < -0.3 is 10.4 Å². The molecule has 98 valence electrons. The van der Waals surface area contributed by atoms with Gasteiger partial charge in [0.15, 0.2) is 0 Å². The van der Waals surface area contributed by atoms with E-state index in [9.17, 15) is 5.11 Å². The first-order valence-electron chi connectivity index (χ1n) is 6.92. The van der Waals surface area contributed by atoms with Crippen molar-refractivity contribution in [1.82, 2.24) is 5.32 Å². The first kappa shape index (κ1) is 12.2. The van der Waals surface area contributed by atoms with Gasteiger partial charge in [-0.3, -0.25) is 0 Å². The van der Waals surface area contributed by atoms with E-state index in [2.05, 4.69) is 29.6 Å². The Morgan fingerprint density at radius 1 is 1.05 bits per heavy atom. The zero-order chi connectivity index (χ0) is 13.1. The Balaban J connectivity index is 1.55. The molecular weight excluding hydrogens is 234 g/mol. The Kier molecular flexibility index (Phi) is 3.51. The molecule has 1 atom stereocenters. The van der Waals surface area contributed by atoms with Crippen LogP contribution >= 0.6 is 0 Å². The molecule has 2 aromatic carbocycles. The van der Waals surface area contributed by atoms with Gasteiger partial charge in [0.1, 0.15) is 5.75 Å². The molecule has 0 amide bonds. The molecule has 0 aromatic heterocycles. The average Bonchev–Trinajstić information content (AvgIpc) is 2.85. The molecule has 2 nitrogen and oxygen atoms in total. The molecule has 2 aromatic rings. The van der Waals surface area contributed by atoms with E-state index in [-0.39, 0.29) is 0 Å². The SMILES string of the molecule is Oc1ccc(CCNC2CCc3ccccc32)cc1. The van der Waals surface area contributed by atoms with Crippen molar-refractivity contribution in [1.29, 1.82) is 0 Å².